The summed E-state index contributed by atoms with van der Waals surface area (Å²) < 4.78 is 6.70. The molecule has 128 valence electrons. The first-order valence-electron chi connectivity index (χ1n) is 7.25. The fourth-order valence-corrected chi connectivity index (χ4v) is 3.23. The van der Waals surface area contributed by atoms with E-state index in [2.05, 4.69) is 21.2 Å². The molecule has 0 unspecified atom stereocenters. The molecule has 0 saturated heterocycles. The van der Waals surface area contributed by atoms with Crippen LogP contribution in [0.15, 0.2) is 57.4 Å². The molecule has 0 bridgehead atoms. The molecule has 7 heteroatoms. The predicted octanol–water partition coefficient (Wildman–Crippen LogP) is 6.33. The van der Waals surface area contributed by atoms with E-state index in [1.54, 1.807) is 12.1 Å². The minimum atomic E-state index is -1.01. The molecule has 3 aromatic rings. The van der Waals surface area contributed by atoms with Crippen LogP contribution in [-0.4, -0.2) is 11.1 Å². The highest BCUT2D eigenvalue weighted by molar-refractivity contribution is 9.10. The number of hydrogen-bond donors (Lipinski definition) is 2. The van der Waals surface area contributed by atoms with Crippen molar-refractivity contribution in [3.8, 4) is 11.3 Å². The summed E-state index contributed by atoms with van der Waals surface area (Å²) in [4.78, 5) is 11.0. The van der Waals surface area contributed by atoms with Crippen molar-refractivity contribution >= 4 is 50.8 Å². The zero-order chi connectivity index (χ0) is 18.0. The van der Waals surface area contributed by atoms with Gasteiger partial charge in [0, 0.05) is 10.0 Å². The largest absolute Gasteiger partial charge is 0.478 e. The number of carboxylic acid groups (broad SMARTS) is 1. The van der Waals surface area contributed by atoms with E-state index in [1.807, 2.05) is 24.3 Å². The molecule has 0 spiro atoms. The second-order valence-electron chi connectivity index (χ2n) is 5.24. The van der Waals surface area contributed by atoms with Gasteiger partial charge in [0.15, 0.2) is 0 Å². The third-order valence-electron chi connectivity index (χ3n) is 3.52. The van der Waals surface area contributed by atoms with Crippen molar-refractivity contribution in [3.63, 3.8) is 0 Å². The van der Waals surface area contributed by atoms with Gasteiger partial charge in [0.05, 0.1) is 27.8 Å². The van der Waals surface area contributed by atoms with E-state index in [-0.39, 0.29) is 5.56 Å². The van der Waals surface area contributed by atoms with Crippen molar-refractivity contribution in [1.82, 2.24) is 0 Å². The molecule has 4 nitrogen and oxygen atoms in total. The third kappa shape index (κ3) is 4.18. The van der Waals surface area contributed by atoms with Gasteiger partial charge in [0.25, 0.3) is 0 Å². The molecule has 0 aliphatic heterocycles. The van der Waals surface area contributed by atoms with Gasteiger partial charge in [-0.3, -0.25) is 0 Å². The number of hydrogen-bond acceptors (Lipinski definition) is 3. The second kappa shape index (κ2) is 7.52. The van der Waals surface area contributed by atoms with Gasteiger partial charge >= 0.3 is 5.97 Å². The van der Waals surface area contributed by atoms with Crippen LogP contribution in [0.3, 0.4) is 0 Å². The standard InChI is InChI=1S/C18H12BrCl2NO3/c19-11-2-4-13(15(21)8-11)17-6-3-12(25-17)9-22-16-7-10(18(23)24)1-5-14(16)20/h1-8,22H,9H2,(H,23,24). The summed E-state index contributed by atoms with van der Waals surface area (Å²) in [5, 5.41) is 13.2. The first-order valence-corrected chi connectivity index (χ1v) is 8.80. The lowest BCUT2D eigenvalue weighted by Gasteiger charge is -2.08. The van der Waals surface area contributed by atoms with Crippen molar-refractivity contribution in [3.05, 3.63) is 74.4 Å². The first kappa shape index (κ1) is 17.9. The fraction of sp³-hybridized carbons (Fsp3) is 0.0556. The highest BCUT2D eigenvalue weighted by Crippen LogP contribution is 2.32. The molecule has 0 aliphatic carbocycles. The van der Waals surface area contributed by atoms with E-state index >= 15 is 0 Å². The van der Waals surface area contributed by atoms with Crippen LogP contribution in [0.1, 0.15) is 16.1 Å². The van der Waals surface area contributed by atoms with E-state index in [4.69, 9.17) is 32.7 Å². The maximum Gasteiger partial charge on any atom is 0.335 e. The van der Waals surface area contributed by atoms with E-state index in [0.717, 1.165) is 10.0 Å². The fourth-order valence-electron chi connectivity index (χ4n) is 2.28. The average Bonchev–Trinajstić information content (AvgIpc) is 3.02. The molecule has 0 saturated carbocycles. The van der Waals surface area contributed by atoms with Crippen LogP contribution in [0.4, 0.5) is 5.69 Å². The van der Waals surface area contributed by atoms with Crippen LogP contribution in [0.2, 0.25) is 10.0 Å². The van der Waals surface area contributed by atoms with E-state index in [9.17, 15) is 4.79 Å². The van der Waals surface area contributed by atoms with Crippen molar-refractivity contribution in [2.24, 2.45) is 0 Å². The quantitative estimate of drug-likeness (QED) is 0.486. The topological polar surface area (TPSA) is 62.5 Å². The van der Waals surface area contributed by atoms with Gasteiger partial charge in [-0.1, -0.05) is 39.1 Å². The molecule has 0 radical (unpaired) electrons. The van der Waals surface area contributed by atoms with Crippen molar-refractivity contribution in [1.29, 1.82) is 0 Å². The van der Waals surface area contributed by atoms with Gasteiger partial charge < -0.3 is 14.8 Å². The minimum absolute atomic E-state index is 0.161. The number of anilines is 1. The molecule has 1 aromatic heterocycles. The molecule has 1 heterocycles. The summed E-state index contributed by atoms with van der Waals surface area (Å²) in [6.07, 6.45) is 0. The lowest BCUT2D eigenvalue weighted by atomic mass is 10.2. The SMILES string of the molecule is O=C(O)c1ccc(Cl)c(NCc2ccc(-c3ccc(Br)cc3Cl)o2)c1. The summed E-state index contributed by atoms with van der Waals surface area (Å²) in [5.41, 5.74) is 1.48. The number of benzene rings is 2. The molecule has 0 aliphatic rings. The Kier molecular flexibility index (Phi) is 5.37. The summed E-state index contributed by atoms with van der Waals surface area (Å²) in [5.74, 6) is 0.315. The smallest absolute Gasteiger partial charge is 0.335 e. The second-order valence-corrected chi connectivity index (χ2v) is 6.97. The van der Waals surface area contributed by atoms with Crippen LogP contribution in [0, 0.1) is 0 Å². The maximum atomic E-state index is 11.0. The Morgan fingerprint density at radius 1 is 1.08 bits per heavy atom. The highest BCUT2D eigenvalue weighted by Gasteiger charge is 2.11. The zero-order valence-corrected chi connectivity index (χ0v) is 15.8. The third-order valence-corrected chi connectivity index (χ3v) is 4.66. The molecule has 2 N–H and O–H groups in total. The van der Waals surface area contributed by atoms with Gasteiger partial charge in [-0.25, -0.2) is 4.79 Å². The number of carbonyl (C=O) groups is 1. The number of aromatic carboxylic acids is 1. The highest BCUT2D eigenvalue weighted by atomic mass is 79.9. The van der Waals surface area contributed by atoms with Gasteiger partial charge in [0.1, 0.15) is 11.5 Å². The molecule has 3 rings (SSSR count). The summed E-state index contributed by atoms with van der Waals surface area (Å²) in [6, 6.07) is 13.7. The Morgan fingerprint density at radius 2 is 1.88 bits per heavy atom. The number of carboxylic acids is 1. The molecule has 0 atom stereocenters. The van der Waals surface area contributed by atoms with Crippen molar-refractivity contribution in [2.75, 3.05) is 5.32 Å². The van der Waals surface area contributed by atoms with E-state index < -0.39 is 5.97 Å². The van der Waals surface area contributed by atoms with E-state index in [0.29, 0.717) is 33.8 Å². The zero-order valence-electron chi connectivity index (χ0n) is 12.7. The molecular formula is C18H12BrCl2NO3. The lowest BCUT2D eigenvalue weighted by Crippen LogP contribution is -2.02. The van der Waals surface area contributed by atoms with E-state index in [1.165, 1.54) is 12.1 Å². The summed E-state index contributed by atoms with van der Waals surface area (Å²) in [7, 11) is 0. The minimum Gasteiger partial charge on any atom is -0.478 e. The molecular weight excluding hydrogens is 429 g/mol. The van der Waals surface area contributed by atoms with Crippen LogP contribution < -0.4 is 5.32 Å². The van der Waals surface area contributed by atoms with Gasteiger partial charge in [-0.05, 0) is 48.5 Å². The number of rotatable bonds is 5. The van der Waals surface area contributed by atoms with Gasteiger partial charge in [0.2, 0.25) is 0 Å². The Labute approximate surface area is 162 Å². The number of nitrogens with one attached hydrogen (secondary N) is 1. The summed E-state index contributed by atoms with van der Waals surface area (Å²) in [6.45, 7) is 0.358. The molecule has 2 aromatic carbocycles. The van der Waals surface area contributed by atoms with Gasteiger partial charge in [-0.15, -0.1) is 0 Å². The molecule has 25 heavy (non-hydrogen) atoms. The monoisotopic (exact) mass is 439 g/mol. The van der Waals surface area contributed by atoms with Crippen LogP contribution in [0.5, 0.6) is 0 Å². The maximum absolute atomic E-state index is 11.0. The Hall–Kier alpha value is -1.95. The predicted molar refractivity (Wildman–Crippen MR) is 103 cm³/mol. The van der Waals surface area contributed by atoms with Gasteiger partial charge in [-0.2, -0.15) is 0 Å². The number of furan rings is 1. The Morgan fingerprint density at radius 3 is 2.60 bits per heavy atom. The molecule has 0 fully saturated rings. The van der Waals surface area contributed by atoms with Crippen LogP contribution >= 0.6 is 39.1 Å². The Balaban J connectivity index is 1.76. The average molecular weight is 441 g/mol. The van der Waals surface area contributed by atoms with Crippen molar-refractivity contribution < 1.29 is 14.3 Å². The van der Waals surface area contributed by atoms with Crippen LogP contribution in [-0.2, 0) is 6.54 Å². The number of halogens is 3. The van der Waals surface area contributed by atoms with Crippen molar-refractivity contribution in [2.45, 2.75) is 6.54 Å². The first-order chi connectivity index (χ1) is 11.9. The summed E-state index contributed by atoms with van der Waals surface area (Å²) >= 11 is 15.7. The molecule has 0 amide bonds. The normalized spacial score (nSPS) is 10.7. The van der Waals surface area contributed by atoms with Crippen LogP contribution in [0.25, 0.3) is 11.3 Å². The Bertz CT molecular complexity index is 940. The lowest BCUT2D eigenvalue weighted by molar-refractivity contribution is 0.0697.